The Labute approximate surface area is 80.9 Å². The van der Waals surface area contributed by atoms with Crippen LogP contribution in [-0.2, 0) is 10.4 Å². The molecule has 0 fully saturated rings. The van der Waals surface area contributed by atoms with Gasteiger partial charge in [-0.15, -0.1) is 0 Å². The summed E-state index contributed by atoms with van der Waals surface area (Å²) in [5, 5.41) is 7.40. The molecule has 0 aromatic carbocycles. The minimum atomic E-state index is -4.67. The molecule has 0 saturated heterocycles. The molecule has 8 heavy (non-hydrogen) atoms. The van der Waals surface area contributed by atoms with E-state index in [0.717, 1.165) is 0 Å². The molecule has 0 spiro atoms. The van der Waals surface area contributed by atoms with Crippen LogP contribution in [0.2, 0.25) is 0 Å². The van der Waals surface area contributed by atoms with Crippen LogP contribution < -0.4 is 0 Å². The molecule has 2 N–H and O–H groups in total. The van der Waals surface area contributed by atoms with Crippen molar-refractivity contribution < 1.29 is 17.5 Å². The molecule has 0 rings (SSSR count). The van der Waals surface area contributed by atoms with Gasteiger partial charge in [0.25, 0.3) is 0 Å². The second kappa shape index (κ2) is 6.12. The largest absolute Gasteiger partial charge is 0.394 e. The van der Waals surface area contributed by atoms with Gasteiger partial charge < -0.3 is 0 Å². The minimum absolute atomic E-state index is 0.410. The first kappa shape index (κ1) is 11.8. The quantitative estimate of drug-likeness (QED) is 0.352. The van der Waals surface area contributed by atoms with Crippen LogP contribution in [0.1, 0.15) is 0 Å². The normalized spacial score (nSPS) is 8.38. The summed E-state index contributed by atoms with van der Waals surface area (Å²) in [5.74, 6) is 0. The Morgan fingerprint density at radius 2 is 1.50 bits per heavy atom. The van der Waals surface area contributed by atoms with Crippen molar-refractivity contribution in [2.45, 2.75) is 0 Å². The van der Waals surface area contributed by atoms with E-state index in [4.69, 9.17) is 22.8 Å². The summed E-state index contributed by atoms with van der Waals surface area (Å²) in [6.45, 7) is 0. The second-order valence-corrected chi connectivity index (χ2v) is 2.27. The van der Waals surface area contributed by atoms with Gasteiger partial charge in [-0.1, -0.05) is 0 Å². The van der Waals surface area contributed by atoms with Crippen molar-refractivity contribution in [3.63, 3.8) is 0 Å². The first-order valence-corrected chi connectivity index (χ1v) is 4.38. The van der Waals surface area contributed by atoms with Gasteiger partial charge in [-0.2, -0.15) is 8.42 Å². The smallest absolute Gasteiger partial charge is 0.264 e. The Hall–Kier alpha value is 0.996. The summed E-state index contributed by atoms with van der Waals surface area (Å²) in [4.78, 5) is 0. The molecule has 5 nitrogen and oxygen atoms in total. The summed E-state index contributed by atoms with van der Waals surface area (Å²) in [7, 11) is -4.67. The zero-order chi connectivity index (χ0) is 7.21. The first-order valence-electron chi connectivity index (χ1n) is 1.42. The van der Waals surface area contributed by atoms with Gasteiger partial charge in [-0.25, -0.2) is 0 Å². The Morgan fingerprint density at radius 1 is 1.50 bits per heavy atom. The van der Waals surface area contributed by atoms with E-state index >= 15 is 0 Å². The third kappa shape index (κ3) is 253. The molecule has 42 valence electrons. The maximum absolute atomic E-state index is 8.74. The van der Waals surface area contributed by atoms with Crippen LogP contribution in [0.15, 0.2) is 0 Å². The molecular formula is CH2KNO4S. The Kier molecular flexibility index (Phi) is 8.99. The van der Waals surface area contributed by atoms with Crippen molar-refractivity contribution >= 4 is 59.4 Å². The van der Waals surface area contributed by atoms with Crippen molar-refractivity contribution in [2.24, 2.45) is 0 Å². The molecule has 0 aliphatic carbocycles. The topological polar surface area (TPSA) is 98.4 Å². The van der Waals surface area contributed by atoms with Gasteiger partial charge in [0.15, 0.2) is 0 Å². The standard InChI is InChI=1S/CN.K.H2O4S/c1-2;;1-5(2,3)4/h;;(H2,1,2,3,4). The van der Waals surface area contributed by atoms with E-state index < -0.39 is 10.4 Å². The molecule has 0 aromatic rings. The van der Waals surface area contributed by atoms with Crippen molar-refractivity contribution in [3.8, 4) is 0.164 Å². The summed E-state index contributed by atoms with van der Waals surface area (Å²) in [6, 6.07) is 0. The SMILES string of the molecule is N#[C][K].O=S(=O)(O)O. The fourth-order valence-electron chi connectivity index (χ4n) is 0. The second-order valence-electron chi connectivity index (χ2n) is 0.671. The fraction of sp³-hybridized carbons (Fsp3) is 0. The van der Waals surface area contributed by atoms with Gasteiger partial charge in [0.2, 0.25) is 0 Å². The predicted octanol–water partition coefficient (Wildman–Crippen LogP) is -1.02. The van der Waals surface area contributed by atoms with Crippen LogP contribution in [0.4, 0.5) is 0 Å². The van der Waals surface area contributed by atoms with E-state index in [0.29, 0.717) is 49.0 Å². The maximum Gasteiger partial charge on any atom is 0.394 e. The summed E-state index contributed by atoms with van der Waals surface area (Å²) in [6.07, 6.45) is 0. The number of nitrogens with zero attached hydrogens (tertiary/aromatic N) is 1. The maximum atomic E-state index is 8.74. The number of hydrogen-bond acceptors (Lipinski definition) is 3. The third-order valence-corrected chi connectivity index (χ3v) is 0. The van der Waals surface area contributed by atoms with Gasteiger partial charge in [0.1, 0.15) is 0 Å². The first-order chi connectivity index (χ1) is 3.41. The van der Waals surface area contributed by atoms with Crippen molar-refractivity contribution in [3.05, 3.63) is 0 Å². The number of nitriles is 1. The molecular weight excluding hydrogens is 161 g/mol. The zero-order valence-corrected chi connectivity index (χ0v) is 8.01. The van der Waals surface area contributed by atoms with Crippen LogP contribution in [-0.4, -0.2) is 66.5 Å². The molecule has 0 atom stereocenters. The van der Waals surface area contributed by atoms with E-state index in [1.54, 1.807) is 0 Å². The van der Waals surface area contributed by atoms with E-state index in [1.165, 1.54) is 0 Å². The minimum Gasteiger partial charge on any atom is -0.264 e. The van der Waals surface area contributed by atoms with Gasteiger partial charge in [-0.05, 0) is 0 Å². The Balaban J connectivity index is 0. The zero-order valence-electron chi connectivity index (χ0n) is 4.07. The van der Waals surface area contributed by atoms with Gasteiger partial charge in [-0.3, -0.25) is 9.11 Å². The van der Waals surface area contributed by atoms with Crippen LogP contribution in [0.3, 0.4) is 0 Å². The average Bonchev–Trinajstić information content (AvgIpc) is 1.27. The van der Waals surface area contributed by atoms with Gasteiger partial charge in [0.05, 0.1) is 0 Å². The van der Waals surface area contributed by atoms with Gasteiger partial charge in [0, 0.05) is 0 Å². The predicted molar refractivity (Wildman–Crippen MR) is 25.5 cm³/mol. The average molecular weight is 163 g/mol. The van der Waals surface area contributed by atoms with Crippen molar-refractivity contribution in [2.75, 3.05) is 0 Å². The fourth-order valence-corrected chi connectivity index (χ4v) is 0. The van der Waals surface area contributed by atoms with Crippen LogP contribution in [0, 0.1) is 5.43 Å². The van der Waals surface area contributed by atoms with Crippen molar-refractivity contribution in [1.29, 1.82) is 5.26 Å². The molecule has 0 radical (unpaired) electrons. The Bertz CT molecular complexity index is 157. The number of hydrogen-bond donors (Lipinski definition) is 2. The molecule has 0 heterocycles. The summed E-state index contributed by atoms with van der Waals surface area (Å²) >= 11 is 0.410. The van der Waals surface area contributed by atoms with E-state index in [-0.39, 0.29) is 0 Å². The van der Waals surface area contributed by atoms with E-state index in [1.807, 2.05) is 0.164 Å². The van der Waals surface area contributed by atoms with Gasteiger partial charge >= 0.3 is 64.8 Å². The molecule has 0 saturated carbocycles. The molecule has 7 heteroatoms. The molecule has 0 unspecified atom stereocenters. The van der Waals surface area contributed by atoms with Crippen LogP contribution >= 0.6 is 0 Å². The summed E-state index contributed by atoms with van der Waals surface area (Å²) in [5.41, 5.74) is 0. The van der Waals surface area contributed by atoms with Crippen molar-refractivity contribution in [1.82, 2.24) is 0 Å². The van der Waals surface area contributed by atoms with Crippen LogP contribution in [0.25, 0.3) is 0 Å². The summed E-state index contributed by atoms with van der Waals surface area (Å²) < 4.78 is 33.5. The molecule has 0 amide bonds. The Morgan fingerprint density at radius 3 is 1.50 bits per heavy atom. The third-order valence-electron chi connectivity index (χ3n) is 0. The molecule has 0 aliphatic rings. The van der Waals surface area contributed by atoms with E-state index in [2.05, 4.69) is 0 Å². The van der Waals surface area contributed by atoms with Crippen LogP contribution in [0.5, 0.6) is 0 Å². The number of rotatable bonds is 0. The molecule has 0 aromatic heterocycles. The monoisotopic (exact) mass is 163 g/mol. The molecule has 0 bridgehead atoms. The molecule has 0 aliphatic heterocycles. The van der Waals surface area contributed by atoms with E-state index in [9.17, 15) is 0 Å².